The molecular weight excluding hydrogens is 180 g/mol. The van der Waals surface area contributed by atoms with Crippen LogP contribution in [0.5, 0.6) is 0 Å². The summed E-state index contributed by atoms with van der Waals surface area (Å²) >= 11 is 6.03. The zero-order valence-corrected chi connectivity index (χ0v) is 8.73. The van der Waals surface area contributed by atoms with E-state index in [9.17, 15) is 0 Å². The molecule has 0 unspecified atom stereocenters. The van der Waals surface area contributed by atoms with Crippen LogP contribution in [0.1, 0.15) is 18.1 Å². The van der Waals surface area contributed by atoms with Gasteiger partial charge in [0.05, 0.1) is 0 Å². The Bertz CT molecular complexity index is 348. The van der Waals surface area contributed by atoms with E-state index in [1.807, 2.05) is 44.2 Å². The van der Waals surface area contributed by atoms with Crippen LogP contribution in [0.4, 0.5) is 0 Å². The molecule has 0 radical (unpaired) electrons. The SMILES string of the molecule is C=C(/C=C/C)c1cc(C)ccc1Cl. The first-order chi connectivity index (χ1) is 6.15. The van der Waals surface area contributed by atoms with Gasteiger partial charge in [-0.25, -0.2) is 0 Å². The van der Waals surface area contributed by atoms with Crippen molar-refractivity contribution in [2.24, 2.45) is 0 Å². The summed E-state index contributed by atoms with van der Waals surface area (Å²) in [5.74, 6) is 0. The number of hydrogen-bond acceptors (Lipinski definition) is 0. The van der Waals surface area contributed by atoms with Gasteiger partial charge in [-0.3, -0.25) is 0 Å². The molecule has 1 aromatic carbocycles. The van der Waals surface area contributed by atoms with Crippen LogP contribution in [0.25, 0.3) is 5.57 Å². The Labute approximate surface area is 84.5 Å². The van der Waals surface area contributed by atoms with Crippen molar-refractivity contribution >= 4 is 17.2 Å². The Morgan fingerprint density at radius 2 is 2.15 bits per heavy atom. The highest BCUT2D eigenvalue weighted by molar-refractivity contribution is 6.32. The third-order valence-electron chi connectivity index (χ3n) is 1.84. The monoisotopic (exact) mass is 192 g/mol. The molecule has 0 aliphatic carbocycles. The van der Waals surface area contributed by atoms with Crippen LogP contribution < -0.4 is 0 Å². The van der Waals surface area contributed by atoms with Crippen LogP contribution in [0.3, 0.4) is 0 Å². The molecule has 0 amide bonds. The number of hydrogen-bond donors (Lipinski definition) is 0. The Morgan fingerprint density at radius 1 is 1.46 bits per heavy atom. The topological polar surface area (TPSA) is 0 Å². The highest BCUT2D eigenvalue weighted by Crippen LogP contribution is 2.24. The summed E-state index contributed by atoms with van der Waals surface area (Å²) in [5.41, 5.74) is 3.17. The lowest BCUT2D eigenvalue weighted by Gasteiger charge is -2.04. The van der Waals surface area contributed by atoms with Crippen LogP contribution in [-0.2, 0) is 0 Å². The summed E-state index contributed by atoms with van der Waals surface area (Å²) in [6, 6.07) is 5.94. The van der Waals surface area contributed by atoms with E-state index >= 15 is 0 Å². The van der Waals surface area contributed by atoms with E-state index in [0.717, 1.165) is 16.2 Å². The van der Waals surface area contributed by atoms with Gasteiger partial charge in [0, 0.05) is 5.02 Å². The summed E-state index contributed by atoms with van der Waals surface area (Å²) in [6.07, 6.45) is 3.92. The first-order valence-corrected chi connectivity index (χ1v) is 4.61. The number of halogens is 1. The van der Waals surface area contributed by atoms with Gasteiger partial charge >= 0.3 is 0 Å². The van der Waals surface area contributed by atoms with Crippen LogP contribution >= 0.6 is 11.6 Å². The minimum Gasteiger partial charge on any atom is -0.0911 e. The summed E-state index contributed by atoms with van der Waals surface area (Å²) in [4.78, 5) is 0. The third kappa shape index (κ3) is 2.46. The van der Waals surface area contributed by atoms with E-state index in [-0.39, 0.29) is 0 Å². The largest absolute Gasteiger partial charge is 0.0911 e. The van der Waals surface area contributed by atoms with Crippen molar-refractivity contribution in [3.05, 3.63) is 53.1 Å². The molecule has 0 atom stereocenters. The van der Waals surface area contributed by atoms with Crippen molar-refractivity contribution in [1.29, 1.82) is 0 Å². The molecular formula is C12H13Cl. The number of aryl methyl sites for hydroxylation is 1. The molecule has 1 rings (SSSR count). The molecule has 1 aromatic rings. The summed E-state index contributed by atoms with van der Waals surface area (Å²) in [7, 11) is 0. The van der Waals surface area contributed by atoms with Crippen LogP contribution in [0, 0.1) is 6.92 Å². The number of rotatable bonds is 2. The fraction of sp³-hybridized carbons (Fsp3) is 0.167. The molecule has 0 spiro atoms. The molecule has 0 aliphatic heterocycles. The fourth-order valence-corrected chi connectivity index (χ4v) is 1.42. The molecule has 0 heterocycles. The maximum Gasteiger partial charge on any atom is 0.0484 e. The number of allylic oxidation sites excluding steroid dienone is 3. The van der Waals surface area contributed by atoms with Gasteiger partial charge in [-0.05, 0) is 37.1 Å². The Hall–Kier alpha value is -1.01. The van der Waals surface area contributed by atoms with Crippen LogP contribution in [0.15, 0.2) is 36.9 Å². The Balaban J connectivity index is 3.13. The average molecular weight is 193 g/mol. The van der Waals surface area contributed by atoms with E-state index in [0.29, 0.717) is 0 Å². The first kappa shape index (κ1) is 10.1. The lowest BCUT2D eigenvalue weighted by atomic mass is 10.0. The second kappa shape index (κ2) is 4.29. The van der Waals surface area contributed by atoms with Gasteiger partial charge in [0.15, 0.2) is 0 Å². The van der Waals surface area contributed by atoms with Gasteiger partial charge in [-0.2, -0.15) is 0 Å². The first-order valence-electron chi connectivity index (χ1n) is 4.23. The maximum atomic E-state index is 6.03. The van der Waals surface area contributed by atoms with Gasteiger partial charge in [0.2, 0.25) is 0 Å². The van der Waals surface area contributed by atoms with Gasteiger partial charge < -0.3 is 0 Å². The average Bonchev–Trinajstić information content (AvgIpc) is 2.09. The molecule has 1 heteroatoms. The van der Waals surface area contributed by atoms with Gasteiger partial charge in [0.25, 0.3) is 0 Å². The molecule has 0 aliphatic rings. The zero-order chi connectivity index (χ0) is 9.84. The normalized spacial score (nSPS) is 10.7. The predicted molar refractivity (Wildman–Crippen MR) is 60.0 cm³/mol. The molecule has 0 nitrogen and oxygen atoms in total. The van der Waals surface area contributed by atoms with Crippen molar-refractivity contribution in [1.82, 2.24) is 0 Å². The zero-order valence-electron chi connectivity index (χ0n) is 7.97. The second-order valence-corrected chi connectivity index (χ2v) is 3.42. The Morgan fingerprint density at radius 3 is 2.77 bits per heavy atom. The molecule has 68 valence electrons. The Kier molecular flexibility index (Phi) is 3.32. The van der Waals surface area contributed by atoms with E-state index < -0.39 is 0 Å². The minimum absolute atomic E-state index is 0.758. The lowest BCUT2D eigenvalue weighted by Crippen LogP contribution is -1.83. The molecule has 13 heavy (non-hydrogen) atoms. The molecule has 0 saturated carbocycles. The van der Waals surface area contributed by atoms with Gasteiger partial charge in [-0.1, -0.05) is 42.0 Å². The van der Waals surface area contributed by atoms with Crippen molar-refractivity contribution in [2.45, 2.75) is 13.8 Å². The fourth-order valence-electron chi connectivity index (χ4n) is 1.18. The molecule has 0 N–H and O–H groups in total. The quantitative estimate of drug-likeness (QED) is 0.615. The number of benzene rings is 1. The second-order valence-electron chi connectivity index (χ2n) is 3.01. The third-order valence-corrected chi connectivity index (χ3v) is 2.17. The van der Waals surface area contributed by atoms with Crippen LogP contribution in [-0.4, -0.2) is 0 Å². The van der Waals surface area contributed by atoms with Gasteiger partial charge in [0.1, 0.15) is 0 Å². The van der Waals surface area contributed by atoms with Crippen molar-refractivity contribution in [3.63, 3.8) is 0 Å². The van der Waals surface area contributed by atoms with E-state index in [4.69, 9.17) is 11.6 Å². The predicted octanol–water partition coefficient (Wildman–Crippen LogP) is 4.24. The minimum atomic E-state index is 0.758. The van der Waals surface area contributed by atoms with Crippen molar-refractivity contribution in [3.8, 4) is 0 Å². The highest BCUT2D eigenvalue weighted by Gasteiger charge is 2.01. The van der Waals surface area contributed by atoms with Crippen molar-refractivity contribution < 1.29 is 0 Å². The summed E-state index contributed by atoms with van der Waals surface area (Å²) in [6.45, 7) is 7.96. The van der Waals surface area contributed by atoms with Crippen LogP contribution in [0.2, 0.25) is 5.02 Å². The van der Waals surface area contributed by atoms with Gasteiger partial charge in [-0.15, -0.1) is 0 Å². The summed E-state index contributed by atoms with van der Waals surface area (Å²) in [5, 5.41) is 0.758. The van der Waals surface area contributed by atoms with E-state index in [1.165, 1.54) is 5.56 Å². The molecule has 0 bridgehead atoms. The highest BCUT2D eigenvalue weighted by atomic mass is 35.5. The molecule has 0 saturated heterocycles. The lowest BCUT2D eigenvalue weighted by molar-refractivity contribution is 1.45. The standard InChI is InChI=1S/C12H13Cl/c1-4-5-10(3)11-8-9(2)6-7-12(11)13/h4-8H,3H2,1-2H3/b5-4+. The smallest absolute Gasteiger partial charge is 0.0484 e. The molecule has 0 fully saturated rings. The maximum absolute atomic E-state index is 6.03. The summed E-state index contributed by atoms with van der Waals surface area (Å²) < 4.78 is 0. The van der Waals surface area contributed by atoms with Crippen molar-refractivity contribution in [2.75, 3.05) is 0 Å². The van der Waals surface area contributed by atoms with E-state index in [2.05, 4.69) is 6.58 Å². The molecule has 0 aromatic heterocycles. The van der Waals surface area contributed by atoms with E-state index in [1.54, 1.807) is 0 Å².